The molecular formula is C8H8N4OS. The minimum Gasteiger partial charge on any atom is -0.396 e. The van der Waals surface area contributed by atoms with E-state index < -0.39 is 0 Å². The van der Waals surface area contributed by atoms with Crippen LogP contribution in [0, 0.1) is 0 Å². The van der Waals surface area contributed by atoms with Crippen molar-refractivity contribution in [3.63, 3.8) is 0 Å². The van der Waals surface area contributed by atoms with E-state index in [1.807, 2.05) is 16.8 Å². The van der Waals surface area contributed by atoms with Crippen molar-refractivity contribution in [1.82, 2.24) is 20.4 Å². The summed E-state index contributed by atoms with van der Waals surface area (Å²) in [4.78, 5) is 0. The summed E-state index contributed by atoms with van der Waals surface area (Å²) < 4.78 is 0. The van der Waals surface area contributed by atoms with Crippen LogP contribution < -0.4 is 0 Å². The molecule has 2 aromatic rings. The van der Waals surface area contributed by atoms with Gasteiger partial charge in [-0.15, -0.1) is 20.4 Å². The molecule has 2 aromatic heterocycles. The number of hydrogen-bond acceptors (Lipinski definition) is 6. The van der Waals surface area contributed by atoms with Crippen LogP contribution in [0.5, 0.6) is 0 Å². The van der Waals surface area contributed by atoms with E-state index in [1.54, 1.807) is 11.3 Å². The summed E-state index contributed by atoms with van der Waals surface area (Å²) in [5, 5.41) is 28.0. The molecule has 0 bridgehead atoms. The lowest BCUT2D eigenvalue weighted by Gasteiger charge is -1.95. The average molecular weight is 208 g/mol. The van der Waals surface area contributed by atoms with Crippen LogP contribution in [0.1, 0.15) is 5.82 Å². The van der Waals surface area contributed by atoms with E-state index >= 15 is 0 Å². The van der Waals surface area contributed by atoms with Gasteiger partial charge in [0.25, 0.3) is 0 Å². The van der Waals surface area contributed by atoms with Gasteiger partial charge in [-0.2, -0.15) is 11.3 Å². The number of thiophene rings is 1. The molecule has 2 heterocycles. The third-order valence-corrected chi connectivity index (χ3v) is 2.32. The van der Waals surface area contributed by atoms with E-state index in [2.05, 4.69) is 20.4 Å². The van der Waals surface area contributed by atoms with E-state index in [4.69, 9.17) is 5.11 Å². The minimum atomic E-state index is 0.0150. The van der Waals surface area contributed by atoms with Crippen molar-refractivity contribution < 1.29 is 5.11 Å². The zero-order valence-electron chi connectivity index (χ0n) is 7.29. The third-order valence-electron chi connectivity index (χ3n) is 1.64. The molecule has 0 unspecified atom stereocenters. The van der Waals surface area contributed by atoms with Gasteiger partial charge in [0.05, 0.1) is 6.61 Å². The molecule has 0 spiro atoms. The van der Waals surface area contributed by atoms with Crippen LogP contribution >= 0.6 is 11.3 Å². The van der Waals surface area contributed by atoms with Crippen molar-refractivity contribution in [3.05, 3.63) is 22.7 Å². The van der Waals surface area contributed by atoms with Crippen LogP contribution in [0.2, 0.25) is 0 Å². The Balaban J connectivity index is 2.22. The Morgan fingerprint density at radius 3 is 2.57 bits per heavy atom. The summed E-state index contributed by atoms with van der Waals surface area (Å²) in [5.74, 6) is 0.986. The Hall–Kier alpha value is -1.40. The monoisotopic (exact) mass is 208 g/mol. The molecule has 0 saturated carbocycles. The number of aliphatic hydroxyl groups is 1. The maximum Gasteiger partial charge on any atom is 0.204 e. The molecule has 5 nitrogen and oxygen atoms in total. The van der Waals surface area contributed by atoms with Crippen LogP contribution in [-0.2, 0) is 6.42 Å². The second-order valence-electron chi connectivity index (χ2n) is 2.63. The van der Waals surface area contributed by atoms with Crippen molar-refractivity contribution in [3.8, 4) is 11.4 Å². The third kappa shape index (κ3) is 1.91. The molecule has 0 saturated heterocycles. The molecule has 0 aromatic carbocycles. The van der Waals surface area contributed by atoms with Gasteiger partial charge in [0.1, 0.15) is 0 Å². The highest BCUT2D eigenvalue weighted by molar-refractivity contribution is 7.08. The normalized spacial score (nSPS) is 10.4. The van der Waals surface area contributed by atoms with Crippen LogP contribution in [0.3, 0.4) is 0 Å². The molecule has 72 valence electrons. The van der Waals surface area contributed by atoms with Crippen LogP contribution in [0.25, 0.3) is 11.4 Å². The fourth-order valence-corrected chi connectivity index (χ4v) is 1.59. The SMILES string of the molecule is OCCc1nnc(-c2ccsc2)nn1. The standard InChI is InChI=1S/C8H8N4OS/c13-3-1-7-9-11-8(12-10-7)6-2-4-14-5-6/h2,4-5,13H,1,3H2. The fourth-order valence-electron chi connectivity index (χ4n) is 0.957. The Kier molecular flexibility index (Phi) is 2.76. The van der Waals surface area contributed by atoms with Crippen LogP contribution in [-0.4, -0.2) is 32.1 Å². The molecule has 0 radical (unpaired) electrons. The van der Waals surface area contributed by atoms with Gasteiger partial charge in [-0.3, -0.25) is 0 Å². The maximum atomic E-state index is 8.64. The first kappa shape index (κ1) is 9.17. The van der Waals surface area contributed by atoms with E-state index in [1.165, 1.54) is 0 Å². The largest absolute Gasteiger partial charge is 0.396 e. The van der Waals surface area contributed by atoms with Gasteiger partial charge in [0.15, 0.2) is 5.82 Å². The first-order valence-corrected chi connectivity index (χ1v) is 5.04. The van der Waals surface area contributed by atoms with Gasteiger partial charge >= 0.3 is 0 Å². The second-order valence-corrected chi connectivity index (χ2v) is 3.41. The summed E-state index contributed by atoms with van der Waals surface area (Å²) in [7, 11) is 0. The summed E-state index contributed by atoms with van der Waals surface area (Å²) in [6.07, 6.45) is 0.393. The molecule has 0 aliphatic heterocycles. The van der Waals surface area contributed by atoms with E-state index in [0.717, 1.165) is 5.56 Å². The Morgan fingerprint density at radius 2 is 2.00 bits per heavy atom. The first-order valence-electron chi connectivity index (χ1n) is 4.10. The van der Waals surface area contributed by atoms with Crippen molar-refractivity contribution in [2.24, 2.45) is 0 Å². The van der Waals surface area contributed by atoms with Crippen molar-refractivity contribution >= 4 is 11.3 Å². The van der Waals surface area contributed by atoms with Gasteiger partial charge < -0.3 is 5.11 Å². The Labute approximate surface area is 84.5 Å². The number of nitrogens with zero attached hydrogens (tertiary/aromatic N) is 4. The van der Waals surface area contributed by atoms with E-state index in [-0.39, 0.29) is 6.61 Å². The number of aliphatic hydroxyl groups excluding tert-OH is 1. The number of rotatable bonds is 3. The van der Waals surface area contributed by atoms with E-state index in [0.29, 0.717) is 18.1 Å². The lowest BCUT2D eigenvalue weighted by Crippen LogP contribution is -2.04. The van der Waals surface area contributed by atoms with E-state index in [9.17, 15) is 0 Å². The summed E-state index contributed by atoms with van der Waals surface area (Å²) in [5.41, 5.74) is 0.922. The minimum absolute atomic E-state index is 0.0150. The van der Waals surface area contributed by atoms with Crippen LogP contribution in [0.15, 0.2) is 16.8 Å². The summed E-state index contributed by atoms with van der Waals surface area (Å²) >= 11 is 1.57. The lowest BCUT2D eigenvalue weighted by molar-refractivity contribution is 0.295. The molecule has 2 rings (SSSR count). The van der Waals surface area contributed by atoms with Gasteiger partial charge in [-0.25, -0.2) is 0 Å². The molecule has 0 amide bonds. The Bertz CT molecular complexity index is 386. The number of aromatic nitrogens is 4. The van der Waals surface area contributed by atoms with Crippen molar-refractivity contribution in [2.75, 3.05) is 6.61 Å². The quantitative estimate of drug-likeness (QED) is 0.796. The predicted octanol–water partition coefficient (Wildman–Crippen LogP) is 0.530. The molecule has 0 aliphatic carbocycles. The molecule has 6 heteroatoms. The molecule has 0 atom stereocenters. The zero-order chi connectivity index (χ0) is 9.80. The van der Waals surface area contributed by atoms with Gasteiger partial charge in [0.2, 0.25) is 5.82 Å². The molecule has 14 heavy (non-hydrogen) atoms. The average Bonchev–Trinajstić information content (AvgIpc) is 2.72. The Morgan fingerprint density at radius 1 is 1.21 bits per heavy atom. The van der Waals surface area contributed by atoms with Crippen molar-refractivity contribution in [2.45, 2.75) is 6.42 Å². The van der Waals surface area contributed by atoms with Gasteiger partial charge in [-0.1, -0.05) is 0 Å². The highest BCUT2D eigenvalue weighted by Crippen LogP contribution is 2.15. The molecular weight excluding hydrogens is 200 g/mol. The molecule has 0 fully saturated rings. The molecule has 1 N–H and O–H groups in total. The zero-order valence-corrected chi connectivity index (χ0v) is 8.11. The predicted molar refractivity (Wildman–Crippen MR) is 51.7 cm³/mol. The van der Waals surface area contributed by atoms with Crippen LogP contribution in [0.4, 0.5) is 0 Å². The highest BCUT2D eigenvalue weighted by atomic mass is 32.1. The highest BCUT2D eigenvalue weighted by Gasteiger charge is 2.03. The maximum absolute atomic E-state index is 8.64. The van der Waals surface area contributed by atoms with Crippen molar-refractivity contribution in [1.29, 1.82) is 0 Å². The lowest BCUT2D eigenvalue weighted by atomic mass is 10.3. The topological polar surface area (TPSA) is 71.8 Å². The summed E-state index contributed by atoms with van der Waals surface area (Å²) in [6, 6.07) is 1.91. The van der Waals surface area contributed by atoms with Gasteiger partial charge in [-0.05, 0) is 11.4 Å². The number of hydrogen-bond donors (Lipinski definition) is 1. The molecule has 0 aliphatic rings. The van der Waals surface area contributed by atoms with Gasteiger partial charge in [0, 0.05) is 17.4 Å². The second kappa shape index (κ2) is 4.21. The fraction of sp³-hybridized carbons (Fsp3) is 0.250. The summed E-state index contributed by atoms with van der Waals surface area (Å²) in [6.45, 7) is 0.0150. The first-order chi connectivity index (χ1) is 6.90. The smallest absolute Gasteiger partial charge is 0.204 e.